The Morgan fingerprint density at radius 1 is 1.24 bits per heavy atom. The number of nitrogens with one attached hydrogen (secondary N) is 1. The number of aliphatic hydroxyl groups is 1. The maximum Gasteiger partial charge on any atom is 0.0771 e. The smallest absolute Gasteiger partial charge is 0.0771 e. The lowest BCUT2D eigenvalue weighted by Gasteiger charge is -2.53. The van der Waals surface area contributed by atoms with Gasteiger partial charge in [0.15, 0.2) is 0 Å². The van der Waals surface area contributed by atoms with Crippen LogP contribution in [-0.4, -0.2) is 36.0 Å². The van der Waals surface area contributed by atoms with Gasteiger partial charge in [-0.1, -0.05) is 34.6 Å². The van der Waals surface area contributed by atoms with Crippen LogP contribution in [0.1, 0.15) is 66.7 Å². The highest BCUT2D eigenvalue weighted by molar-refractivity contribution is 5.04. The molecule has 2 unspecified atom stereocenters. The Morgan fingerprint density at radius 2 is 1.86 bits per heavy atom. The molecule has 0 aromatic rings. The van der Waals surface area contributed by atoms with Gasteiger partial charge < -0.3 is 15.2 Å². The van der Waals surface area contributed by atoms with Crippen LogP contribution >= 0.6 is 0 Å². The maximum atomic E-state index is 10.7. The summed E-state index contributed by atoms with van der Waals surface area (Å²) in [6.07, 6.45) is 5.65. The highest BCUT2D eigenvalue weighted by atomic mass is 16.5. The summed E-state index contributed by atoms with van der Waals surface area (Å²) < 4.78 is 6.01. The van der Waals surface area contributed by atoms with E-state index in [0.29, 0.717) is 18.1 Å². The second kappa shape index (κ2) is 6.55. The lowest BCUT2D eigenvalue weighted by atomic mass is 9.64. The Hall–Kier alpha value is -0.120. The molecule has 0 saturated heterocycles. The van der Waals surface area contributed by atoms with Gasteiger partial charge in [-0.05, 0) is 43.9 Å². The van der Waals surface area contributed by atoms with Crippen molar-refractivity contribution in [2.75, 3.05) is 13.2 Å². The minimum atomic E-state index is -0.480. The third-order valence-corrected chi connectivity index (χ3v) is 5.69. The van der Waals surface area contributed by atoms with E-state index in [1.165, 1.54) is 0 Å². The van der Waals surface area contributed by atoms with Crippen molar-refractivity contribution < 1.29 is 9.84 Å². The highest BCUT2D eigenvalue weighted by Crippen LogP contribution is 2.43. The zero-order chi connectivity index (χ0) is 15.7. The maximum absolute atomic E-state index is 10.7. The molecule has 124 valence electrons. The first-order valence-electron chi connectivity index (χ1n) is 8.80. The number of ether oxygens (including phenoxy) is 1. The van der Waals surface area contributed by atoms with Crippen LogP contribution in [0.25, 0.3) is 0 Å². The predicted molar refractivity (Wildman–Crippen MR) is 87.3 cm³/mol. The normalized spacial score (nSPS) is 39.3. The summed E-state index contributed by atoms with van der Waals surface area (Å²) in [6, 6.07) is 0.470. The van der Waals surface area contributed by atoms with E-state index < -0.39 is 5.60 Å². The van der Waals surface area contributed by atoms with E-state index in [9.17, 15) is 5.11 Å². The van der Waals surface area contributed by atoms with E-state index >= 15 is 0 Å². The SMILES string of the molecule is CC(C)COC1CC(NCC2(O)CCC(C)CC2)C1(C)C. The van der Waals surface area contributed by atoms with Gasteiger partial charge in [0.05, 0.1) is 11.7 Å². The van der Waals surface area contributed by atoms with Gasteiger partial charge in [0.2, 0.25) is 0 Å². The van der Waals surface area contributed by atoms with Crippen LogP contribution in [0.4, 0.5) is 0 Å². The Kier molecular flexibility index (Phi) is 5.38. The van der Waals surface area contributed by atoms with E-state index in [2.05, 4.69) is 39.9 Å². The molecular weight excluding hydrogens is 262 g/mol. The van der Waals surface area contributed by atoms with Crippen LogP contribution in [0.2, 0.25) is 0 Å². The summed E-state index contributed by atoms with van der Waals surface area (Å²) in [5.41, 5.74) is -0.306. The molecule has 3 nitrogen and oxygen atoms in total. The van der Waals surface area contributed by atoms with Crippen LogP contribution < -0.4 is 5.32 Å². The third-order valence-electron chi connectivity index (χ3n) is 5.69. The molecule has 3 heteroatoms. The molecule has 21 heavy (non-hydrogen) atoms. The fraction of sp³-hybridized carbons (Fsp3) is 1.00. The fourth-order valence-corrected chi connectivity index (χ4v) is 3.61. The monoisotopic (exact) mass is 297 g/mol. The number of rotatable bonds is 6. The standard InChI is InChI=1S/C18H35NO2/c1-13(2)11-21-16-10-15(17(16,4)5)19-12-18(20)8-6-14(3)7-9-18/h13-16,19-20H,6-12H2,1-5H3. The van der Waals surface area contributed by atoms with Crippen LogP contribution in [0.3, 0.4) is 0 Å². The van der Waals surface area contributed by atoms with Crippen molar-refractivity contribution in [2.45, 2.75) is 84.5 Å². The third kappa shape index (κ3) is 4.20. The largest absolute Gasteiger partial charge is 0.389 e. The van der Waals surface area contributed by atoms with Crippen LogP contribution in [0.15, 0.2) is 0 Å². The lowest BCUT2D eigenvalue weighted by Crippen LogP contribution is -2.63. The van der Waals surface area contributed by atoms with Crippen molar-refractivity contribution >= 4 is 0 Å². The summed E-state index contributed by atoms with van der Waals surface area (Å²) in [7, 11) is 0. The highest BCUT2D eigenvalue weighted by Gasteiger charge is 2.49. The molecule has 0 aromatic carbocycles. The first-order valence-corrected chi connectivity index (χ1v) is 8.80. The summed E-state index contributed by atoms with van der Waals surface area (Å²) in [5, 5.41) is 14.3. The molecule has 0 bridgehead atoms. The average molecular weight is 297 g/mol. The topological polar surface area (TPSA) is 41.5 Å². The Morgan fingerprint density at radius 3 is 2.38 bits per heavy atom. The van der Waals surface area contributed by atoms with Gasteiger partial charge in [-0.3, -0.25) is 0 Å². The van der Waals surface area contributed by atoms with Crippen LogP contribution in [0, 0.1) is 17.3 Å². The summed E-state index contributed by atoms with van der Waals surface area (Å²) in [6.45, 7) is 12.8. The number of hydrogen-bond acceptors (Lipinski definition) is 3. The first-order chi connectivity index (χ1) is 9.73. The summed E-state index contributed by atoms with van der Waals surface area (Å²) in [5.74, 6) is 1.37. The van der Waals surface area contributed by atoms with Gasteiger partial charge in [0, 0.05) is 24.6 Å². The predicted octanol–water partition coefficient (Wildman–Crippen LogP) is 3.36. The molecule has 2 fully saturated rings. The van der Waals surface area contributed by atoms with Crippen LogP contribution in [-0.2, 0) is 4.74 Å². The van der Waals surface area contributed by atoms with E-state index in [0.717, 1.165) is 51.2 Å². The molecule has 2 N–H and O–H groups in total. The van der Waals surface area contributed by atoms with E-state index in [-0.39, 0.29) is 5.41 Å². The molecule has 2 aliphatic rings. The Balaban J connectivity index is 1.75. The molecule has 0 spiro atoms. The quantitative estimate of drug-likeness (QED) is 0.790. The molecule has 2 rings (SSSR count). The molecule has 0 heterocycles. The van der Waals surface area contributed by atoms with Gasteiger partial charge in [-0.15, -0.1) is 0 Å². The van der Waals surface area contributed by atoms with Gasteiger partial charge >= 0.3 is 0 Å². The van der Waals surface area contributed by atoms with Crippen molar-refractivity contribution in [3.8, 4) is 0 Å². The second-order valence-electron chi connectivity index (χ2n) is 8.61. The molecule has 2 atom stereocenters. The first kappa shape index (κ1) is 17.2. The van der Waals surface area contributed by atoms with Gasteiger partial charge in [0.25, 0.3) is 0 Å². The average Bonchev–Trinajstić information content (AvgIpc) is 2.40. The molecule has 2 aliphatic carbocycles. The van der Waals surface area contributed by atoms with Gasteiger partial charge in [-0.2, -0.15) is 0 Å². The molecule has 0 aromatic heterocycles. The summed E-state index contributed by atoms with van der Waals surface area (Å²) >= 11 is 0. The Bertz CT molecular complexity index is 332. The Labute approximate surface area is 130 Å². The number of hydrogen-bond donors (Lipinski definition) is 2. The van der Waals surface area contributed by atoms with Crippen LogP contribution in [0.5, 0.6) is 0 Å². The van der Waals surface area contributed by atoms with E-state index in [4.69, 9.17) is 4.74 Å². The van der Waals surface area contributed by atoms with Crippen molar-refractivity contribution in [1.29, 1.82) is 0 Å². The fourth-order valence-electron chi connectivity index (χ4n) is 3.61. The van der Waals surface area contributed by atoms with Gasteiger partial charge in [-0.25, -0.2) is 0 Å². The van der Waals surface area contributed by atoms with Crippen molar-refractivity contribution in [2.24, 2.45) is 17.3 Å². The molecule has 0 radical (unpaired) electrons. The molecule has 0 amide bonds. The zero-order valence-corrected chi connectivity index (χ0v) is 14.6. The van der Waals surface area contributed by atoms with Crippen molar-refractivity contribution in [3.05, 3.63) is 0 Å². The minimum absolute atomic E-state index is 0.174. The van der Waals surface area contributed by atoms with E-state index in [1.807, 2.05) is 0 Å². The second-order valence-corrected chi connectivity index (χ2v) is 8.61. The summed E-state index contributed by atoms with van der Waals surface area (Å²) in [4.78, 5) is 0. The lowest BCUT2D eigenvalue weighted by molar-refractivity contribution is -0.128. The molecular formula is C18H35NO2. The molecule has 0 aliphatic heterocycles. The zero-order valence-electron chi connectivity index (χ0n) is 14.6. The molecule has 2 saturated carbocycles. The van der Waals surface area contributed by atoms with Crippen molar-refractivity contribution in [1.82, 2.24) is 5.32 Å². The van der Waals surface area contributed by atoms with Gasteiger partial charge in [0.1, 0.15) is 0 Å². The van der Waals surface area contributed by atoms with E-state index in [1.54, 1.807) is 0 Å². The minimum Gasteiger partial charge on any atom is -0.389 e. The van der Waals surface area contributed by atoms with Crippen molar-refractivity contribution in [3.63, 3.8) is 0 Å².